The van der Waals surface area contributed by atoms with Crippen LogP contribution >= 0.6 is 0 Å². The third-order valence-electron chi connectivity index (χ3n) is 3.30. The molecule has 4 nitrogen and oxygen atoms in total. The summed E-state index contributed by atoms with van der Waals surface area (Å²) < 4.78 is 18.4. The Balaban J connectivity index is 1.74. The van der Waals surface area contributed by atoms with Crippen LogP contribution in [0.5, 0.6) is 0 Å². The molecule has 20 heavy (non-hydrogen) atoms. The van der Waals surface area contributed by atoms with Crippen LogP contribution in [-0.2, 0) is 4.74 Å². The fourth-order valence-electron chi connectivity index (χ4n) is 1.86. The van der Waals surface area contributed by atoms with Gasteiger partial charge in [-0.05, 0) is 43.4 Å². The SMILES string of the molecule is Cc1ccc(F)cc1C(=O)NCC(O)COCC1CC1. The first kappa shape index (κ1) is 14.9. The molecular formula is C15H20FNO3. The molecule has 0 saturated heterocycles. The Morgan fingerprint density at radius 3 is 3.00 bits per heavy atom. The van der Waals surface area contributed by atoms with Crippen molar-refractivity contribution in [2.24, 2.45) is 5.92 Å². The first-order valence-electron chi connectivity index (χ1n) is 6.86. The number of hydrogen-bond acceptors (Lipinski definition) is 3. The van der Waals surface area contributed by atoms with E-state index < -0.39 is 11.9 Å². The molecule has 1 aromatic rings. The Hall–Kier alpha value is -1.46. The van der Waals surface area contributed by atoms with Gasteiger partial charge in [0.15, 0.2) is 0 Å². The van der Waals surface area contributed by atoms with Crippen LogP contribution in [0.1, 0.15) is 28.8 Å². The van der Waals surface area contributed by atoms with E-state index in [1.165, 1.54) is 25.0 Å². The number of carbonyl (C=O) groups excluding carboxylic acids is 1. The number of halogens is 1. The predicted octanol–water partition coefficient (Wildman–Crippen LogP) is 1.65. The summed E-state index contributed by atoms with van der Waals surface area (Å²) in [4.78, 5) is 11.9. The maximum absolute atomic E-state index is 13.1. The Morgan fingerprint density at radius 2 is 2.30 bits per heavy atom. The van der Waals surface area contributed by atoms with Crippen molar-refractivity contribution in [2.75, 3.05) is 19.8 Å². The summed E-state index contributed by atoms with van der Waals surface area (Å²) in [5, 5.41) is 12.3. The molecule has 0 bridgehead atoms. The van der Waals surface area contributed by atoms with Gasteiger partial charge in [-0.3, -0.25) is 4.79 Å². The lowest BCUT2D eigenvalue weighted by Gasteiger charge is -2.13. The zero-order valence-corrected chi connectivity index (χ0v) is 11.6. The van der Waals surface area contributed by atoms with E-state index in [1.807, 2.05) is 0 Å². The molecule has 1 aliphatic rings. The maximum Gasteiger partial charge on any atom is 0.251 e. The number of nitrogens with one attached hydrogen (secondary N) is 1. The molecule has 0 radical (unpaired) electrons. The highest BCUT2D eigenvalue weighted by Crippen LogP contribution is 2.28. The first-order valence-corrected chi connectivity index (χ1v) is 6.86. The smallest absolute Gasteiger partial charge is 0.251 e. The summed E-state index contributed by atoms with van der Waals surface area (Å²) in [7, 11) is 0. The summed E-state index contributed by atoms with van der Waals surface area (Å²) in [5.41, 5.74) is 0.986. The average molecular weight is 281 g/mol. The van der Waals surface area contributed by atoms with Gasteiger partial charge in [0.2, 0.25) is 0 Å². The minimum Gasteiger partial charge on any atom is -0.389 e. The lowest BCUT2D eigenvalue weighted by atomic mass is 10.1. The van der Waals surface area contributed by atoms with Gasteiger partial charge < -0.3 is 15.2 Å². The van der Waals surface area contributed by atoms with Crippen molar-refractivity contribution in [1.82, 2.24) is 5.32 Å². The van der Waals surface area contributed by atoms with Crippen molar-refractivity contribution >= 4 is 5.91 Å². The van der Waals surface area contributed by atoms with E-state index in [1.54, 1.807) is 13.0 Å². The quantitative estimate of drug-likeness (QED) is 0.799. The lowest BCUT2D eigenvalue weighted by Crippen LogP contribution is -2.35. The molecule has 5 heteroatoms. The van der Waals surface area contributed by atoms with Crippen molar-refractivity contribution in [2.45, 2.75) is 25.9 Å². The second-order valence-corrected chi connectivity index (χ2v) is 5.30. The zero-order valence-electron chi connectivity index (χ0n) is 11.6. The third kappa shape index (κ3) is 4.58. The van der Waals surface area contributed by atoms with Crippen LogP contribution in [-0.4, -0.2) is 36.9 Å². The highest BCUT2D eigenvalue weighted by Gasteiger charge is 2.21. The summed E-state index contributed by atoms with van der Waals surface area (Å²) in [6, 6.07) is 4.06. The van der Waals surface area contributed by atoms with Gasteiger partial charge in [0.1, 0.15) is 5.82 Å². The van der Waals surface area contributed by atoms with Gasteiger partial charge in [-0.15, -0.1) is 0 Å². The molecule has 1 saturated carbocycles. The highest BCUT2D eigenvalue weighted by atomic mass is 19.1. The number of ether oxygens (including phenoxy) is 1. The van der Waals surface area contributed by atoms with Crippen molar-refractivity contribution < 1.29 is 19.0 Å². The summed E-state index contributed by atoms with van der Waals surface area (Å²) >= 11 is 0. The second kappa shape index (κ2) is 6.81. The second-order valence-electron chi connectivity index (χ2n) is 5.30. The van der Waals surface area contributed by atoms with Crippen LogP contribution in [0.3, 0.4) is 0 Å². The molecule has 2 rings (SSSR count). The standard InChI is InChI=1S/C15H20FNO3/c1-10-2-5-12(16)6-14(10)15(19)17-7-13(18)9-20-8-11-3-4-11/h2,5-6,11,13,18H,3-4,7-9H2,1H3,(H,17,19). The molecule has 1 fully saturated rings. The number of amides is 1. The molecule has 1 aliphatic carbocycles. The molecule has 2 N–H and O–H groups in total. The number of aliphatic hydroxyl groups excluding tert-OH is 1. The monoisotopic (exact) mass is 281 g/mol. The number of benzene rings is 1. The number of hydrogen-bond donors (Lipinski definition) is 2. The van der Waals surface area contributed by atoms with E-state index in [0.717, 1.165) is 0 Å². The molecule has 0 heterocycles. The van der Waals surface area contributed by atoms with Gasteiger partial charge in [0.05, 0.1) is 12.7 Å². The third-order valence-corrected chi connectivity index (χ3v) is 3.30. The van der Waals surface area contributed by atoms with E-state index in [9.17, 15) is 14.3 Å². The van der Waals surface area contributed by atoms with E-state index in [0.29, 0.717) is 18.1 Å². The number of aliphatic hydroxyl groups is 1. The number of rotatable bonds is 7. The minimum absolute atomic E-state index is 0.0967. The van der Waals surface area contributed by atoms with Crippen LogP contribution in [0.25, 0.3) is 0 Å². The normalized spacial score (nSPS) is 15.9. The highest BCUT2D eigenvalue weighted by molar-refractivity contribution is 5.95. The molecule has 1 atom stereocenters. The molecule has 1 unspecified atom stereocenters. The minimum atomic E-state index is -0.744. The molecule has 1 aromatic carbocycles. The van der Waals surface area contributed by atoms with Crippen molar-refractivity contribution in [3.63, 3.8) is 0 Å². The van der Waals surface area contributed by atoms with Gasteiger partial charge in [-0.1, -0.05) is 6.07 Å². The Bertz CT molecular complexity index is 474. The van der Waals surface area contributed by atoms with Gasteiger partial charge in [-0.2, -0.15) is 0 Å². The predicted molar refractivity (Wildman–Crippen MR) is 73.0 cm³/mol. The first-order chi connectivity index (χ1) is 9.56. The zero-order chi connectivity index (χ0) is 14.5. The maximum atomic E-state index is 13.1. The summed E-state index contributed by atoms with van der Waals surface area (Å²) in [6.45, 7) is 2.72. The van der Waals surface area contributed by atoms with Gasteiger partial charge in [0.25, 0.3) is 5.91 Å². The molecule has 0 spiro atoms. The molecule has 1 amide bonds. The average Bonchev–Trinajstić information content (AvgIpc) is 3.23. The molecule has 0 aromatic heterocycles. The molecule has 110 valence electrons. The fraction of sp³-hybridized carbons (Fsp3) is 0.533. The Labute approximate surface area is 117 Å². The largest absolute Gasteiger partial charge is 0.389 e. The van der Waals surface area contributed by atoms with E-state index in [-0.39, 0.29) is 24.6 Å². The number of aryl methyl sites for hydroxylation is 1. The van der Waals surface area contributed by atoms with Gasteiger partial charge >= 0.3 is 0 Å². The van der Waals surface area contributed by atoms with E-state index in [4.69, 9.17) is 4.74 Å². The van der Waals surface area contributed by atoms with Crippen LogP contribution in [0.4, 0.5) is 4.39 Å². The number of carbonyl (C=O) groups is 1. The van der Waals surface area contributed by atoms with Gasteiger partial charge in [0, 0.05) is 18.7 Å². The lowest BCUT2D eigenvalue weighted by molar-refractivity contribution is 0.0320. The van der Waals surface area contributed by atoms with Crippen molar-refractivity contribution in [1.29, 1.82) is 0 Å². The molecular weight excluding hydrogens is 261 g/mol. The van der Waals surface area contributed by atoms with Crippen molar-refractivity contribution in [3.8, 4) is 0 Å². The van der Waals surface area contributed by atoms with E-state index >= 15 is 0 Å². The Morgan fingerprint density at radius 1 is 1.55 bits per heavy atom. The Kier molecular flexibility index (Phi) is 5.09. The summed E-state index contributed by atoms with van der Waals surface area (Å²) in [6.07, 6.45) is 1.66. The van der Waals surface area contributed by atoms with Crippen molar-refractivity contribution in [3.05, 3.63) is 35.1 Å². The molecule has 0 aliphatic heterocycles. The van der Waals surface area contributed by atoms with Crippen LogP contribution in [0.2, 0.25) is 0 Å². The van der Waals surface area contributed by atoms with Gasteiger partial charge in [-0.25, -0.2) is 4.39 Å². The topological polar surface area (TPSA) is 58.6 Å². The van der Waals surface area contributed by atoms with E-state index in [2.05, 4.69) is 5.32 Å². The van der Waals surface area contributed by atoms with Crippen LogP contribution in [0, 0.1) is 18.7 Å². The van der Waals surface area contributed by atoms with Crippen LogP contribution in [0.15, 0.2) is 18.2 Å². The summed E-state index contributed by atoms with van der Waals surface area (Å²) in [5.74, 6) is -0.191. The van der Waals surface area contributed by atoms with Crippen LogP contribution < -0.4 is 5.32 Å². The fourth-order valence-corrected chi connectivity index (χ4v) is 1.86.